The van der Waals surface area contributed by atoms with Crippen molar-refractivity contribution >= 4 is 45.0 Å². The second-order valence-corrected chi connectivity index (χ2v) is 6.22. The molecule has 0 bridgehead atoms. The lowest BCUT2D eigenvalue weighted by Crippen LogP contribution is -2.02. The predicted molar refractivity (Wildman–Crippen MR) is 101 cm³/mol. The molecule has 0 radical (unpaired) electrons. The van der Waals surface area contributed by atoms with Gasteiger partial charge in [-0.2, -0.15) is 4.98 Å². The molecule has 0 aliphatic carbocycles. The first-order chi connectivity index (χ1) is 12.0. The van der Waals surface area contributed by atoms with Gasteiger partial charge in [0.1, 0.15) is 5.82 Å². The summed E-state index contributed by atoms with van der Waals surface area (Å²) in [5.74, 6) is 0.0364. The maximum absolute atomic E-state index is 11.0. The Bertz CT molecular complexity index is 930. The average molecular weight is 399 g/mol. The van der Waals surface area contributed by atoms with Crippen LogP contribution in [0.4, 0.5) is 23.1 Å². The van der Waals surface area contributed by atoms with Crippen molar-refractivity contribution in [1.82, 2.24) is 9.97 Å². The third-order valence-corrected chi connectivity index (χ3v) is 4.34. The molecule has 7 heteroatoms. The molecular formula is C18H15BrN4O2. The molecule has 126 valence electrons. The predicted octanol–water partition coefficient (Wildman–Crippen LogP) is 4.73. The summed E-state index contributed by atoms with van der Waals surface area (Å²) in [6.07, 6.45) is 1.63. The van der Waals surface area contributed by atoms with Crippen LogP contribution in [-0.2, 0) is 0 Å². The van der Waals surface area contributed by atoms with E-state index in [-0.39, 0.29) is 5.56 Å². The number of aryl methyl sites for hydroxylation is 1. The molecule has 25 heavy (non-hydrogen) atoms. The second kappa shape index (κ2) is 7.31. The van der Waals surface area contributed by atoms with Crippen LogP contribution in [0.3, 0.4) is 0 Å². The van der Waals surface area contributed by atoms with Crippen LogP contribution >= 0.6 is 15.9 Å². The highest BCUT2D eigenvalue weighted by molar-refractivity contribution is 9.10. The minimum atomic E-state index is -0.973. The van der Waals surface area contributed by atoms with Crippen molar-refractivity contribution in [3.05, 3.63) is 70.3 Å². The van der Waals surface area contributed by atoms with Gasteiger partial charge in [-0.05, 0) is 55.0 Å². The Morgan fingerprint density at radius 1 is 1.08 bits per heavy atom. The quantitative estimate of drug-likeness (QED) is 0.575. The monoisotopic (exact) mass is 398 g/mol. The van der Waals surface area contributed by atoms with Crippen LogP contribution in [0.15, 0.2) is 59.2 Å². The lowest BCUT2D eigenvalue weighted by molar-refractivity contribution is 0.0697. The first-order valence-electron chi connectivity index (χ1n) is 7.48. The smallest absolute Gasteiger partial charge is 0.335 e. The van der Waals surface area contributed by atoms with Crippen LogP contribution in [0.1, 0.15) is 15.9 Å². The van der Waals surface area contributed by atoms with E-state index >= 15 is 0 Å². The molecule has 0 aliphatic heterocycles. The molecule has 0 atom stereocenters. The number of aromatic nitrogens is 2. The summed E-state index contributed by atoms with van der Waals surface area (Å²) in [6, 6.07) is 14.1. The van der Waals surface area contributed by atoms with Gasteiger partial charge in [0.2, 0.25) is 5.95 Å². The first-order valence-corrected chi connectivity index (χ1v) is 8.27. The van der Waals surface area contributed by atoms with Gasteiger partial charge in [-0.1, -0.05) is 22.0 Å². The van der Waals surface area contributed by atoms with E-state index < -0.39 is 5.97 Å². The number of anilines is 4. The number of aromatic carboxylic acids is 1. The second-order valence-electron chi connectivity index (χ2n) is 5.37. The van der Waals surface area contributed by atoms with E-state index in [1.54, 1.807) is 30.5 Å². The van der Waals surface area contributed by atoms with E-state index in [1.165, 1.54) is 6.07 Å². The summed E-state index contributed by atoms with van der Waals surface area (Å²) in [7, 11) is 0. The Kier molecular flexibility index (Phi) is 4.95. The number of hydrogen-bond donors (Lipinski definition) is 3. The fourth-order valence-corrected chi connectivity index (χ4v) is 2.46. The highest BCUT2D eigenvalue weighted by Crippen LogP contribution is 2.22. The van der Waals surface area contributed by atoms with E-state index in [9.17, 15) is 4.79 Å². The Balaban J connectivity index is 1.78. The van der Waals surface area contributed by atoms with Crippen LogP contribution in [-0.4, -0.2) is 21.0 Å². The molecule has 0 saturated carbocycles. The summed E-state index contributed by atoms with van der Waals surface area (Å²) < 4.78 is 1.03. The minimum Gasteiger partial charge on any atom is -0.478 e. The first kappa shape index (κ1) is 16.9. The molecule has 1 aromatic heterocycles. The van der Waals surface area contributed by atoms with E-state index in [4.69, 9.17) is 5.11 Å². The highest BCUT2D eigenvalue weighted by atomic mass is 79.9. The van der Waals surface area contributed by atoms with Crippen LogP contribution in [0.25, 0.3) is 0 Å². The summed E-state index contributed by atoms with van der Waals surface area (Å²) in [6.45, 7) is 2.00. The largest absolute Gasteiger partial charge is 0.478 e. The van der Waals surface area contributed by atoms with E-state index in [0.717, 1.165) is 15.7 Å². The molecule has 0 amide bonds. The van der Waals surface area contributed by atoms with Crippen molar-refractivity contribution in [2.75, 3.05) is 10.6 Å². The van der Waals surface area contributed by atoms with Crippen molar-refractivity contribution in [2.24, 2.45) is 0 Å². The van der Waals surface area contributed by atoms with Crippen molar-refractivity contribution in [1.29, 1.82) is 0 Å². The van der Waals surface area contributed by atoms with Crippen molar-refractivity contribution in [3.8, 4) is 0 Å². The lowest BCUT2D eigenvalue weighted by atomic mass is 10.2. The molecule has 2 aromatic carbocycles. The zero-order valence-corrected chi connectivity index (χ0v) is 14.9. The molecule has 6 nitrogen and oxygen atoms in total. The van der Waals surface area contributed by atoms with Crippen LogP contribution in [0.2, 0.25) is 0 Å². The molecule has 3 N–H and O–H groups in total. The van der Waals surface area contributed by atoms with Gasteiger partial charge < -0.3 is 15.7 Å². The van der Waals surface area contributed by atoms with Crippen LogP contribution in [0.5, 0.6) is 0 Å². The fraction of sp³-hybridized carbons (Fsp3) is 0.0556. The number of nitrogens with one attached hydrogen (secondary N) is 2. The SMILES string of the molecule is Cc1cc(Nc2nccc(Nc3cccc(C(=O)O)c3)n2)ccc1Br. The van der Waals surface area contributed by atoms with Gasteiger partial charge in [-0.25, -0.2) is 9.78 Å². The molecular weight excluding hydrogens is 384 g/mol. The zero-order valence-electron chi connectivity index (χ0n) is 13.3. The average Bonchev–Trinajstić information content (AvgIpc) is 2.59. The molecule has 0 aliphatic rings. The van der Waals surface area contributed by atoms with Crippen LogP contribution in [0, 0.1) is 6.92 Å². The van der Waals surface area contributed by atoms with Gasteiger partial charge in [-0.3, -0.25) is 0 Å². The van der Waals surface area contributed by atoms with Gasteiger partial charge in [0, 0.05) is 22.0 Å². The maximum atomic E-state index is 11.0. The topological polar surface area (TPSA) is 87.1 Å². The number of benzene rings is 2. The Morgan fingerprint density at radius 2 is 1.88 bits per heavy atom. The molecule has 0 fully saturated rings. The van der Waals surface area contributed by atoms with Gasteiger partial charge in [0.05, 0.1) is 5.56 Å². The number of carboxylic acids is 1. The van der Waals surface area contributed by atoms with Crippen molar-refractivity contribution in [2.45, 2.75) is 6.92 Å². The number of carbonyl (C=O) groups is 1. The summed E-state index contributed by atoms with van der Waals surface area (Å²) in [5, 5.41) is 15.3. The van der Waals surface area contributed by atoms with Gasteiger partial charge in [0.15, 0.2) is 0 Å². The summed E-state index contributed by atoms with van der Waals surface area (Å²) in [5.41, 5.74) is 2.84. The van der Waals surface area contributed by atoms with E-state index in [1.807, 2.05) is 25.1 Å². The number of carboxylic acid groups (broad SMARTS) is 1. The Hall–Kier alpha value is -2.93. The van der Waals surface area contributed by atoms with E-state index in [2.05, 4.69) is 36.5 Å². The molecule has 0 spiro atoms. The third-order valence-electron chi connectivity index (χ3n) is 3.45. The Morgan fingerprint density at radius 3 is 2.64 bits per heavy atom. The van der Waals surface area contributed by atoms with Crippen molar-refractivity contribution < 1.29 is 9.90 Å². The molecule has 0 unspecified atom stereocenters. The lowest BCUT2D eigenvalue weighted by Gasteiger charge is -2.10. The number of halogens is 1. The van der Waals surface area contributed by atoms with Crippen LogP contribution < -0.4 is 10.6 Å². The van der Waals surface area contributed by atoms with Gasteiger partial charge in [-0.15, -0.1) is 0 Å². The minimum absolute atomic E-state index is 0.211. The third kappa shape index (κ3) is 4.33. The molecule has 1 heterocycles. The zero-order chi connectivity index (χ0) is 17.8. The molecule has 3 aromatic rings. The molecule has 3 rings (SSSR count). The summed E-state index contributed by atoms with van der Waals surface area (Å²) in [4.78, 5) is 19.7. The number of hydrogen-bond acceptors (Lipinski definition) is 5. The van der Waals surface area contributed by atoms with Crippen molar-refractivity contribution in [3.63, 3.8) is 0 Å². The number of nitrogens with zero attached hydrogens (tertiary/aromatic N) is 2. The molecule has 0 saturated heterocycles. The fourth-order valence-electron chi connectivity index (χ4n) is 2.22. The highest BCUT2D eigenvalue weighted by Gasteiger charge is 2.05. The maximum Gasteiger partial charge on any atom is 0.335 e. The number of rotatable bonds is 5. The summed E-state index contributed by atoms with van der Waals surface area (Å²) >= 11 is 3.47. The van der Waals surface area contributed by atoms with Gasteiger partial charge >= 0.3 is 5.97 Å². The Labute approximate surface area is 153 Å². The standard InChI is InChI=1S/C18H15BrN4O2/c1-11-9-14(5-6-15(11)19)22-18-20-8-7-16(23-18)21-13-4-2-3-12(10-13)17(24)25/h2-10H,1H3,(H,24,25)(H2,20,21,22,23). The van der Waals surface area contributed by atoms with Gasteiger partial charge in [0.25, 0.3) is 0 Å². The normalized spacial score (nSPS) is 10.3. The van der Waals surface area contributed by atoms with E-state index in [0.29, 0.717) is 17.5 Å².